The maximum absolute atomic E-state index is 13.6. The summed E-state index contributed by atoms with van der Waals surface area (Å²) in [6.45, 7) is 7.73. The van der Waals surface area contributed by atoms with Gasteiger partial charge in [0.15, 0.2) is 0 Å². The monoisotopic (exact) mass is 419 g/mol. The third kappa shape index (κ3) is 4.52. The van der Waals surface area contributed by atoms with Gasteiger partial charge in [0.2, 0.25) is 0 Å². The van der Waals surface area contributed by atoms with Crippen LogP contribution in [0.5, 0.6) is 0 Å². The minimum atomic E-state index is -0.687. The lowest BCUT2D eigenvalue weighted by Crippen LogP contribution is -2.56. The Morgan fingerprint density at radius 2 is 1.45 bits per heavy atom. The molecule has 3 amide bonds. The predicted octanol–water partition coefficient (Wildman–Crippen LogP) is 4.18. The van der Waals surface area contributed by atoms with Gasteiger partial charge in [0.1, 0.15) is 5.54 Å². The van der Waals surface area contributed by atoms with Gasteiger partial charge in [0, 0.05) is 32.7 Å². The molecule has 2 fully saturated rings. The number of benzene rings is 2. The van der Waals surface area contributed by atoms with Gasteiger partial charge in [-0.15, -0.1) is 0 Å². The Morgan fingerprint density at radius 3 is 2.03 bits per heavy atom. The van der Waals surface area contributed by atoms with Crippen molar-refractivity contribution in [3.63, 3.8) is 0 Å². The van der Waals surface area contributed by atoms with E-state index in [1.54, 1.807) is 0 Å². The van der Waals surface area contributed by atoms with Gasteiger partial charge in [-0.05, 0) is 36.3 Å². The highest BCUT2D eigenvalue weighted by atomic mass is 16.2. The van der Waals surface area contributed by atoms with Gasteiger partial charge in [-0.25, -0.2) is 4.79 Å². The largest absolute Gasteiger partial charge is 0.327 e. The van der Waals surface area contributed by atoms with E-state index in [0.29, 0.717) is 25.9 Å². The van der Waals surface area contributed by atoms with Crippen LogP contribution in [-0.4, -0.2) is 58.4 Å². The molecule has 5 heteroatoms. The Kier molecular flexibility index (Phi) is 6.42. The summed E-state index contributed by atoms with van der Waals surface area (Å²) in [5, 5.41) is 0. The van der Waals surface area contributed by atoms with Crippen LogP contribution in [-0.2, 0) is 17.8 Å². The number of rotatable bonds is 7. The van der Waals surface area contributed by atoms with E-state index in [9.17, 15) is 9.59 Å². The number of carbonyl (C=O) groups is 2. The van der Waals surface area contributed by atoms with Gasteiger partial charge in [0.05, 0.1) is 0 Å². The Bertz CT molecular complexity index is 889. The first kappa shape index (κ1) is 21.6. The highest BCUT2D eigenvalue weighted by molar-refractivity contribution is 6.07. The molecule has 2 aliphatic rings. The smallest absolute Gasteiger partial charge is 0.309 e. The van der Waals surface area contributed by atoms with Crippen LogP contribution in [0, 0.1) is 5.92 Å². The summed E-state index contributed by atoms with van der Waals surface area (Å²) in [6, 6.07) is 20.6. The summed E-state index contributed by atoms with van der Waals surface area (Å²) < 4.78 is 0. The number of piperidine rings is 1. The summed E-state index contributed by atoms with van der Waals surface area (Å²) in [5.41, 5.74) is 1.80. The Labute approximate surface area is 185 Å². The average molecular weight is 420 g/mol. The van der Waals surface area contributed by atoms with E-state index in [1.165, 1.54) is 16.0 Å². The van der Waals surface area contributed by atoms with Gasteiger partial charge < -0.3 is 4.90 Å². The van der Waals surface area contributed by atoms with Crippen molar-refractivity contribution in [2.75, 3.05) is 26.2 Å². The number of nitrogens with zero attached hydrogens (tertiary/aromatic N) is 3. The number of urea groups is 1. The highest BCUT2D eigenvalue weighted by Gasteiger charge is 2.57. The third-order valence-electron chi connectivity index (χ3n) is 6.57. The van der Waals surface area contributed by atoms with E-state index in [4.69, 9.17) is 0 Å². The number of hydrogen-bond acceptors (Lipinski definition) is 3. The van der Waals surface area contributed by atoms with Crippen molar-refractivity contribution in [2.45, 2.75) is 45.2 Å². The van der Waals surface area contributed by atoms with E-state index in [1.807, 2.05) is 29.2 Å². The van der Waals surface area contributed by atoms with Crippen molar-refractivity contribution >= 4 is 11.9 Å². The molecule has 0 atom stereocenters. The molecule has 2 aromatic rings. The fraction of sp³-hybridized carbons (Fsp3) is 0.462. The van der Waals surface area contributed by atoms with Gasteiger partial charge in [-0.3, -0.25) is 14.6 Å². The summed E-state index contributed by atoms with van der Waals surface area (Å²) in [6.07, 6.45) is 2.17. The molecule has 2 heterocycles. The normalized spacial score (nSPS) is 19.1. The number of carbonyl (C=O) groups excluding carboxylic acids is 2. The fourth-order valence-corrected chi connectivity index (χ4v) is 4.91. The Hall–Kier alpha value is -2.66. The highest BCUT2D eigenvalue weighted by Crippen LogP contribution is 2.38. The number of imide groups is 1. The zero-order chi connectivity index (χ0) is 21.8. The molecule has 0 unspecified atom stereocenters. The summed E-state index contributed by atoms with van der Waals surface area (Å²) >= 11 is 0. The molecule has 164 valence electrons. The molecule has 0 bridgehead atoms. The van der Waals surface area contributed by atoms with Crippen molar-refractivity contribution in [1.82, 2.24) is 14.7 Å². The second-order valence-electron chi connectivity index (χ2n) is 9.27. The van der Waals surface area contributed by atoms with Gasteiger partial charge in [0.25, 0.3) is 5.91 Å². The molecular formula is C26H33N3O2. The van der Waals surface area contributed by atoms with Gasteiger partial charge >= 0.3 is 6.03 Å². The summed E-state index contributed by atoms with van der Waals surface area (Å²) in [5.74, 6) is 0.274. The molecular weight excluding hydrogens is 386 g/mol. The molecule has 2 saturated heterocycles. The molecule has 1 spiro atoms. The van der Waals surface area contributed by atoms with Crippen LogP contribution < -0.4 is 0 Å². The molecule has 5 nitrogen and oxygen atoms in total. The zero-order valence-corrected chi connectivity index (χ0v) is 18.7. The topological polar surface area (TPSA) is 43.9 Å². The molecule has 4 rings (SSSR count). The minimum Gasteiger partial charge on any atom is -0.309 e. The number of amides is 3. The van der Waals surface area contributed by atoms with Gasteiger partial charge in [-0.2, -0.15) is 0 Å². The molecule has 0 aromatic heterocycles. The van der Waals surface area contributed by atoms with Crippen molar-refractivity contribution < 1.29 is 9.59 Å². The SMILES string of the molecule is CC(C)CN1C(=O)N(CCc2ccccc2)C2(CCN(Cc3ccccc3)CC2)C1=O. The number of hydrogen-bond donors (Lipinski definition) is 0. The van der Waals surface area contributed by atoms with Crippen LogP contribution in [0.2, 0.25) is 0 Å². The second-order valence-corrected chi connectivity index (χ2v) is 9.27. The van der Waals surface area contributed by atoms with Crippen LogP contribution in [0.3, 0.4) is 0 Å². The Morgan fingerprint density at radius 1 is 0.871 bits per heavy atom. The first-order valence-electron chi connectivity index (χ1n) is 11.4. The lowest BCUT2D eigenvalue weighted by Gasteiger charge is -2.42. The first-order chi connectivity index (χ1) is 15.0. The lowest BCUT2D eigenvalue weighted by molar-refractivity contribution is -0.136. The standard InChI is InChI=1S/C26H33N3O2/c1-21(2)19-28-24(30)26(29(25(28)31)16-13-22-9-5-3-6-10-22)14-17-27(18-15-26)20-23-11-7-4-8-12-23/h3-12,21H,13-20H2,1-2H3. The van der Waals surface area contributed by atoms with E-state index in [0.717, 1.165) is 26.1 Å². The fourth-order valence-electron chi connectivity index (χ4n) is 4.91. The van der Waals surface area contributed by atoms with Crippen molar-refractivity contribution in [1.29, 1.82) is 0 Å². The lowest BCUT2D eigenvalue weighted by atomic mass is 9.85. The minimum absolute atomic E-state index is 0.0126. The molecule has 0 radical (unpaired) electrons. The van der Waals surface area contributed by atoms with Crippen molar-refractivity contribution in [3.05, 3.63) is 71.8 Å². The quantitative estimate of drug-likeness (QED) is 0.632. The van der Waals surface area contributed by atoms with Gasteiger partial charge in [-0.1, -0.05) is 74.5 Å². The van der Waals surface area contributed by atoms with Crippen molar-refractivity contribution in [2.24, 2.45) is 5.92 Å². The van der Waals surface area contributed by atoms with E-state index < -0.39 is 5.54 Å². The van der Waals surface area contributed by atoms with E-state index >= 15 is 0 Å². The van der Waals surface area contributed by atoms with Crippen LogP contribution >= 0.6 is 0 Å². The number of likely N-dealkylation sites (tertiary alicyclic amines) is 1. The zero-order valence-electron chi connectivity index (χ0n) is 18.7. The van der Waals surface area contributed by atoms with Crippen LogP contribution in [0.1, 0.15) is 37.8 Å². The molecule has 2 aliphatic heterocycles. The molecule has 2 aromatic carbocycles. The van der Waals surface area contributed by atoms with Crippen LogP contribution in [0.4, 0.5) is 4.79 Å². The predicted molar refractivity (Wildman–Crippen MR) is 122 cm³/mol. The summed E-state index contributed by atoms with van der Waals surface area (Å²) in [4.78, 5) is 32.7. The maximum Gasteiger partial charge on any atom is 0.327 e. The maximum atomic E-state index is 13.6. The Balaban J connectivity index is 1.50. The molecule has 0 N–H and O–H groups in total. The molecule has 0 saturated carbocycles. The van der Waals surface area contributed by atoms with Crippen LogP contribution in [0.25, 0.3) is 0 Å². The first-order valence-corrected chi connectivity index (χ1v) is 11.4. The molecule has 31 heavy (non-hydrogen) atoms. The second kappa shape index (κ2) is 9.23. The van der Waals surface area contributed by atoms with Crippen molar-refractivity contribution in [3.8, 4) is 0 Å². The van der Waals surface area contributed by atoms with Crippen LogP contribution in [0.15, 0.2) is 60.7 Å². The summed E-state index contributed by atoms with van der Waals surface area (Å²) in [7, 11) is 0. The molecule has 0 aliphatic carbocycles. The average Bonchev–Trinajstić information content (AvgIpc) is 2.96. The van der Waals surface area contributed by atoms with E-state index in [2.05, 4.69) is 55.1 Å². The van der Waals surface area contributed by atoms with E-state index in [-0.39, 0.29) is 17.9 Å². The third-order valence-corrected chi connectivity index (χ3v) is 6.57.